The zero-order valence-corrected chi connectivity index (χ0v) is 17.4. The highest BCUT2D eigenvalue weighted by molar-refractivity contribution is 8.04. The van der Waals surface area contributed by atoms with Crippen molar-refractivity contribution < 1.29 is 22.8 Å². The van der Waals surface area contributed by atoms with Crippen LogP contribution in [-0.4, -0.2) is 72.2 Å². The maximum absolute atomic E-state index is 13.0. The number of rotatable bonds is 7. The van der Waals surface area contributed by atoms with Gasteiger partial charge < -0.3 is 4.90 Å². The van der Waals surface area contributed by atoms with E-state index in [1.54, 1.807) is 4.90 Å². The van der Waals surface area contributed by atoms with Crippen LogP contribution in [0.25, 0.3) is 0 Å². The van der Waals surface area contributed by atoms with Crippen LogP contribution in [-0.2, 0) is 24.2 Å². The van der Waals surface area contributed by atoms with Gasteiger partial charge in [-0.15, -0.1) is 0 Å². The Balaban J connectivity index is 1.73. The van der Waals surface area contributed by atoms with E-state index in [-0.39, 0.29) is 59.3 Å². The summed E-state index contributed by atoms with van der Waals surface area (Å²) < 4.78 is 23.7. The summed E-state index contributed by atoms with van der Waals surface area (Å²) in [7, 11) is -3.11. The first kappa shape index (κ1) is 20.4. The first-order chi connectivity index (χ1) is 12.7. The number of allylic oxidation sites excluding steroid dienone is 1. The lowest BCUT2D eigenvalue weighted by Gasteiger charge is -2.31. The van der Waals surface area contributed by atoms with E-state index in [4.69, 9.17) is 0 Å². The Hall–Kier alpha value is -1.35. The molecule has 1 aliphatic carbocycles. The van der Waals surface area contributed by atoms with Crippen LogP contribution in [0.15, 0.2) is 11.1 Å². The fourth-order valence-electron chi connectivity index (χ4n) is 3.40. The molecule has 2 heterocycles. The zero-order valence-electron chi connectivity index (χ0n) is 15.7. The summed E-state index contributed by atoms with van der Waals surface area (Å²) in [4.78, 5) is 40.3. The molecular formula is C18H26N2O5S2. The number of ketones is 1. The van der Waals surface area contributed by atoms with Crippen molar-refractivity contribution in [3.63, 3.8) is 0 Å². The summed E-state index contributed by atoms with van der Waals surface area (Å²) in [5.41, 5.74) is 0. The van der Waals surface area contributed by atoms with E-state index in [9.17, 15) is 22.8 Å². The molecule has 9 heteroatoms. The summed E-state index contributed by atoms with van der Waals surface area (Å²) in [5, 5.41) is 0.536. The molecule has 2 saturated heterocycles. The van der Waals surface area contributed by atoms with Crippen molar-refractivity contribution in [3.05, 3.63) is 11.1 Å². The largest absolute Gasteiger partial charge is 0.337 e. The summed E-state index contributed by atoms with van der Waals surface area (Å²) >= 11 is 1.28. The molecule has 1 atom stereocenters. The van der Waals surface area contributed by atoms with Gasteiger partial charge in [-0.25, -0.2) is 8.42 Å². The van der Waals surface area contributed by atoms with Crippen molar-refractivity contribution in [2.75, 3.05) is 30.3 Å². The second-order valence-corrected chi connectivity index (χ2v) is 11.1. The second kappa shape index (κ2) is 7.95. The third-order valence-electron chi connectivity index (χ3n) is 4.98. The van der Waals surface area contributed by atoms with Crippen LogP contribution >= 0.6 is 11.8 Å². The molecule has 0 radical (unpaired) electrons. The average molecular weight is 415 g/mol. The maximum Gasteiger partial charge on any atom is 0.242 e. The molecule has 27 heavy (non-hydrogen) atoms. The monoisotopic (exact) mass is 414 g/mol. The van der Waals surface area contributed by atoms with E-state index in [0.717, 1.165) is 12.8 Å². The third-order valence-corrected chi connectivity index (χ3v) is 7.76. The predicted octanol–water partition coefficient (Wildman–Crippen LogP) is 1.05. The lowest BCUT2D eigenvalue weighted by Crippen LogP contribution is -2.47. The molecule has 0 aromatic rings. The summed E-state index contributed by atoms with van der Waals surface area (Å²) in [5.74, 6) is 0.124. The number of amides is 2. The Morgan fingerprint density at radius 1 is 1.30 bits per heavy atom. The van der Waals surface area contributed by atoms with Gasteiger partial charge in [0.1, 0.15) is 6.54 Å². The van der Waals surface area contributed by atoms with Crippen molar-refractivity contribution >= 4 is 39.2 Å². The predicted molar refractivity (Wildman–Crippen MR) is 104 cm³/mol. The van der Waals surface area contributed by atoms with Gasteiger partial charge in [0.15, 0.2) is 15.6 Å². The molecule has 2 amide bonds. The SMILES string of the molecule is CC(C)CN(C(=O)CN1C(=O)CS/C1=C\C(=O)C1CC1)[C@@H]1CCS(=O)(=O)C1. The third kappa shape index (κ3) is 5.13. The molecule has 150 valence electrons. The van der Waals surface area contributed by atoms with Crippen molar-refractivity contribution in [1.82, 2.24) is 9.80 Å². The molecule has 0 N–H and O–H groups in total. The fourth-order valence-corrected chi connectivity index (χ4v) is 6.08. The smallest absolute Gasteiger partial charge is 0.242 e. The van der Waals surface area contributed by atoms with Gasteiger partial charge in [-0.1, -0.05) is 25.6 Å². The Kier molecular flexibility index (Phi) is 6.00. The van der Waals surface area contributed by atoms with Gasteiger partial charge in [0.25, 0.3) is 0 Å². The molecule has 2 aliphatic heterocycles. The second-order valence-electron chi connectivity index (χ2n) is 7.92. The Bertz CT molecular complexity index is 771. The first-order valence-corrected chi connectivity index (χ1v) is 12.2. The summed E-state index contributed by atoms with van der Waals surface area (Å²) in [6, 6.07) is -0.337. The van der Waals surface area contributed by atoms with E-state index >= 15 is 0 Å². The van der Waals surface area contributed by atoms with Gasteiger partial charge in [-0.3, -0.25) is 19.3 Å². The molecule has 0 unspecified atom stereocenters. The molecule has 0 aromatic heterocycles. The fraction of sp³-hybridized carbons (Fsp3) is 0.722. The topological polar surface area (TPSA) is 91.8 Å². The highest BCUT2D eigenvalue weighted by Crippen LogP contribution is 2.34. The molecule has 7 nitrogen and oxygen atoms in total. The number of hydrogen-bond acceptors (Lipinski definition) is 6. The number of carbonyl (C=O) groups is 3. The average Bonchev–Trinajstić information content (AvgIpc) is 3.30. The van der Waals surface area contributed by atoms with Gasteiger partial charge in [0.2, 0.25) is 11.8 Å². The standard InChI is InChI=1S/C18H26N2O5S2/c1-12(2)8-19(14-5-6-27(24,25)11-14)16(22)9-20-17(23)10-26-18(20)7-15(21)13-3-4-13/h7,12-14H,3-6,8-11H2,1-2H3/b18-7-/t14-/m1/s1. The van der Waals surface area contributed by atoms with Crippen molar-refractivity contribution in [2.24, 2.45) is 11.8 Å². The Morgan fingerprint density at radius 2 is 2.00 bits per heavy atom. The number of sulfone groups is 1. The van der Waals surface area contributed by atoms with Crippen LogP contribution in [0.4, 0.5) is 0 Å². The van der Waals surface area contributed by atoms with Gasteiger partial charge in [-0.2, -0.15) is 0 Å². The van der Waals surface area contributed by atoms with Crippen LogP contribution in [0.2, 0.25) is 0 Å². The van der Waals surface area contributed by atoms with E-state index < -0.39 is 9.84 Å². The van der Waals surface area contributed by atoms with E-state index in [0.29, 0.717) is 18.0 Å². The molecule has 0 bridgehead atoms. The normalized spacial score (nSPS) is 26.2. The lowest BCUT2D eigenvalue weighted by atomic mass is 10.1. The van der Waals surface area contributed by atoms with Gasteiger partial charge in [0.05, 0.1) is 22.3 Å². The molecular weight excluding hydrogens is 388 g/mol. The van der Waals surface area contributed by atoms with Gasteiger partial charge in [0, 0.05) is 24.6 Å². The minimum atomic E-state index is -3.11. The zero-order chi connectivity index (χ0) is 19.8. The first-order valence-electron chi connectivity index (χ1n) is 9.35. The van der Waals surface area contributed by atoms with E-state index in [2.05, 4.69) is 0 Å². The maximum atomic E-state index is 13.0. The lowest BCUT2D eigenvalue weighted by molar-refractivity contribution is -0.138. The van der Waals surface area contributed by atoms with E-state index in [1.807, 2.05) is 13.8 Å². The Labute approximate surface area is 164 Å². The molecule has 1 saturated carbocycles. The Morgan fingerprint density at radius 3 is 2.56 bits per heavy atom. The van der Waals surface area contributed by atoms with Crippen LogP contribution in [0.3, 0.4) is 0 Å². The molecule has 3 fully saturated rings. The van der Waals surface area contributed by atoms with Crippen molar-refractivity contribution in [1.29, 1.82) is 0 Å². The van der Waals surface area contributed by atoms with Crippen LogP contribution in [0.1, 0.15) is 33.1 Å². The summed E-state index contributed by atoms with van der Waals surface area (Å²) in [6.45, 7) is 4.26. The van der Waals surface area contributed by atoms with Crippen molar-refractivity contribution in [2.45, 2.75) is 39.2 Å². The number of carbonyl (C=O) groups excluding carboxylic acids is 3. The molecule has 3 rings (SSSR count). The number of thioether (sulfide) groups is 1. The minimum absolute atomic E-state index is 0.0168. The highest BCUT2D eigenvalue weighted by atomic mass is 32.2. The van der Waals surface area contributed by atoms with E-state index in [1.165, 1.54) is 22.7 Å². The van der Waals surface area contributed by atoms with Gasteiger partial charge in [-0.05, 0) is 25.2 Å². The minimum Gasteiger partial charge on any atom is -0.337 e. The quantitative estimate of drug-likeness (QED) is 0.579. The summed E-state index contributed by atoms with van der Waals surface area (Å²) in [6.07, 6.45) is 3.70. The van der Waals surface area contributed by atoms with Crippen molar-refractivity contribution in [3.8, 4) is 0 Å². The molecule has 3 aliphatic rings. The van der Waals surface area contributed by atoms with Crippen LogP contribution in [0.5, 0.6) is 0 Å². The van der Waals surface area contributed by atoms with Crippen LogP contribution < -0.4 is 0 Å². The molecule has 0 aromatic carbocycles. The van der Waals surface area contributed by atoms with Crippen LogP contribution in [0, 0.1) is 11.8 Å². The van der Waals surface area contributed by atoms with Gasteiger partial charge >= 0.3 is 0 Å². The number of hydrogen-bond donors (Lipinski definition) is 0. The highest BCUT2D eigenvalue weighted by Gasteiger charge is 2.38. The number of nitrogens with zero attached hydrogens (tertiary/aromatic N) is 2. The molecule has 0 spiro atoms.